The molecule has 1 N–H and O–H groups in total. The summed E-state index contributed by atoms with van der Waals surface area (Å²) in [6, 6.07) is 22.4. The maximum atomic E-state index is 10.6. The number of pyridine rings is 1. The van der Waals surface area contributed by atoms with Gasteiger partial charge in [-0.1, -0.05) is 62.4 Å². The summed E-state index contributed by atoms with van der Waals surface area (Å²) >= 11 is 0. The summed E-state index contributed by atoms with van der Waals surface area (Å²) in [4.78, 5) is 0. The molecule has 0 saturated carbocycles. The number of aromatic nitrogens is 1. The average Bonchev–Trinajstić information content (AvgIpc) is 2.61. The zero-order chi connectivity index (χ0) is 17.1. The topological polar surface area (TPSA) is 24.1 Å². The standard InChI is InChI=1S/C22H24NO/c1-16(2)19-11-7-8-12-20(19)21-14-13-18(15-23(21)3)22(24)17-9-5-4-6-10-17/h4-16,22,24H,1-3H3/q+1. The summed E-state index contributed by atoms with van der Waals surface area (Å²) < 4.78 is 2.10. The fourth-order valence-electron chi connectivity index (χ4n) is 3.13. The van der Waals surface area contributed by atoms with E-state index < -0.39 is 6.10 Å². The summed E-state index contributed by atoms with van der Waals surface area (Å²) in [5.74, 6) is 0.468. The molecule has 1 heterocycles. The van der Waals surface area contributed by atoms with Crippen molar-refractivity contribution in [2.24, 2.45) is 7.05 Å². The Morgan fingerprint density at radius 3 is 2.12 bits per heavy atom. The van der Waals surface area contributed by atoms with E-state index in [9.17, 15) is 5.11 Å². The van der Waals surface area contributed by atoms with E-state index in [0.29, 0.717) is 5.92 Å². The molecule has 0 saturated heterocycles. The minimum atomic E-state index is -0.605. The van der Waals surface area contributed by atoms with Gasteiger partial charge in [0, 0.05) is 17.2 Å². The number of rotatable bonds is 4. The molecule has 2 heteroatoms. The first-order valence-corrected chi connectivity index (χ1v) is 8.40. The molecule has 0 spiro atoms. The molecule has 0 aliphatic heterocycles. The number of aliphatic hydroxyl groups is 1. The number of hydrogen-bond donors (Lipinski definition) is 1. The van der Waals surface area contributed by atoms with Crippen molar-refractivity contribution < 1.29 is 9.67 Å². The van der Waals surface area contributed by atoms with Crippen molar-refractivity contribution in [2.75, 3.05) is 0 Å². The highest BCUT2D eigenvalue weighted by Crippen LogP contribution is 2.28. The first-order chi connectivity index (χ1) is 11.6. The van der Waals surface area contributed by atoms with Crippen molar-refractivity contribution >= 4 is 0 Å². The second-order valence-corrected chi connectivity index (χ2v) is 6.51. The molecule has 1 atom stereocenters. The lowest BCUT2D eigenvalue weighted by molar-refractivity contribution is -0.661. The normalized spacial score (nSPS) is 12.4. The molecule has 24 heavy (non-hydrogen) atoms. The fourth-order valence-corrected chi connectivity index (χ4v) is 3.13. The van der Waals surface area contributed by atoms with E-state index in [1.54, 1.807) is 0 Å². The third-order valence-corrected chi connectivity index (χ3v) is 4.45. The van der Waals surface area contributed by atoms with Crippen molar-refractivity contribution in [3.63, 3.8) is 0 Å². The van der Waals surface area contributed by atoms with Crippen molar-refractivity contribution in [1.29, 1.82) is 0 Å². The van der Waals surface area contributed by atoms with Gasteiger partial charge in [0.05, 0.1) is 0 Å². The largest absolute Gasteiger partial charge is 0.383 e. The van der Waals surface area contributed by atoms with E-state index >= 15 is 0 Å². The molecule has 2 nitrogen and oxygen atoms in total. The monoisotopic (exact) mass is 318 g/mol. The van der Waals surface area contributed by atoms with Crippen LogP contribution >= 0.6 is 0 Å². The molecule has 0 aliphatic rings. The van der Waals surface area contributed by atoms with Crippen LogP contribution in [0.15, 0.2) is 72.9 Å². The molecule has 0 aliphatic carbocycles. The number of hydrogen-bond acceptors (Lipinski definition) is 1. The Morgan fingerprint density at radius 1 is 0.792 bits per heavy atom. The minimum Gasteiger partial charge on any atom is -0.383 e. The molecule has 0 radical (unpaired) electrons. The van der Waals surface area contributed by atoms with E-state index in [0.717, 1.165) is 16.8 Å². The van der Waals surface area contributed by atoms with Crippen LogP contribution in [0.2, 0.25) is 0 Å². The van der Waals surface area contributed by atoms with Crippen LogP contribution in [0.3, 0.4) is 0 Å². The maximum Gasteiger partial charge on any atom is 0.212 e. The van der Waals surface area contributed by atoms with Gasteiger partial charge in [-0.2, -0.15) is 0 Å². The summed E-state index contributed by atoms with van der Waals surface area (Å²) in [5.41, 5.74) is 5.55. The van der Waals surface area contributed by atoms with Crippen LogP contribution in [0.25, 0.3) is 11.3 Å². The van der Waals surface area contributed by atoms with Crippen LogP contribution in [-0.2, 0) is 7.05 Å². The predicted molar refractivity (Wildman–Crippen MR) is 97.6 cm³/mol. The lowest BCUT2D eigenvalue weighted by Crippen LogP contribution is -2.32. The minimum absolute atomic E-state index is 0.468. The SMILES string of the molecule is CC(C)c1ccccc1-c1ccc(C(O)c2ccccc2)c[n+]1C. The summed E-state index contributed by atoms with van der Waals surface area (Å²) in [7, 11) is 2.04. The predicted octanol–water partition coefficient (Wildman–Crippen LogP) is 4.38. The molecule has 1 aromatic heterocycles. The van der Waals surface area contributed by atoms with Crippen molar-refractivity contribution in [3.8, 4) is 11.3 Å². The van der Waals surface area contributed by atoms with Gasteiger partial charge in [0.2, 0.25) is 5.69 Å². The van der Waals surface area contributed by atoms with Crippen LogP contribution in [0.4, 0.5) is 0 Å². The summed E-state index contributed by atoms with van der Waals surface area (Å²) in [5, 5.41) is 10.6. The number of benzene rings is 2. The molecule has 0 fully saturated rings. The van der Waals surface area contributed by atoms with Crippen LogP contribution in [-0.4, -0.2) is 5.11 Å². The molecule has 2 aromatic carbocycles. The number of aryl methyl sites for hydroxylation is 1. The van der Waals surface area contributed by atoms with E-state index in [4.69, 9.17) is 0 Å². The molecule has 122 valence electrons. The highest BCUT2D eigenvalue weighted by Gasteiger charge is 2.19. The quantitative estimate of drug-likeness (QED) is 0.709. The molecule has 0 amide bonds. The van der Waals surface area contributed by atoms with Gasteiger partial charge < -0.3 is 5.11 Å². The Morgan fingerprint density at radius 2 is 1.46 bits per heavy atom. The van der Waals surface area contributed by atoms with Gasteiger partial charge in [0.1, 0.15) is 13.2 Å². The highest BCUT2D eigenvalue weighted by molar-refractivity contribution is 5.62. The third kappa shape index (κ3) is 3.24. The summed E-state index contributed by atoms with van der Waals surface area (Å²) in [6.07, 6.45) is 1.41. The lowest BCUT2D eigenvalue weighted by Gasteiger charge is -2.13. The van der Waals surface area contributed by atoms with Gasteiger partial charge in [0.25, 0.3) is 0 Å². The van der Waals surface area contributed by atoms with Crippen molar-refractivity contribution in [3.05, 3.63) is 89.6 Å². The van der Waals surface area contributed by atoms with Crippen molar-refractivity contribution in [1.82, 2.24) is 0 Å². The van der Waals surface area contributed by atoms with Crippen LogP contribution in [0, 0.1) is 0 Å². The van der Waals surface area contributed by atoms with E-state index in [2.05, 4.69) is 48.7 Å². The lowest BCUT2D eigenvalue weighted by atomic mass is 9.94. The second-order valence-electron chi connectivity index (χ2n) is 6.51. The zero-order valence-electron chi connectivity index (χ0n) is 14.5. The molecular weight excluding hydrogens is 294 g/mol. The van der Waals surface area contributed by atoms with Gasteiger partial charge in [0.15, 0.2) is 6.20 Å². The zero-order valence-corrected chi connectivity index (χ0v) is 14.5. The van der Waals surface area contributed by atoms with E-state index in [1.165, 1.54) is 11.1 Å². The van der Waals surface area contributed by atoms with Crippen LogP contribution in [0.1, 0.15) is 42.6 Å². The van der Waals surface area contributed by atoms with E-state index in [1.807, 2.05) is 49.6 Å². The Hall–Kier alpha value is -2.45. The van der Waals surface area contributed by atoms with Gasteiger partial charge in [-0.25, -0.2) is 4.57 Å². The average molecular weight is 318 g/mol. The van der Waals surface area contributed by atoms with E-state index in [-0.39, 0.29) is 0 Å². The Kier molecular flexibility index (Phi) is 4.77. The molecule has 1 unspecified atom stereocenters. The maximum absolute atomic E-state index is 10.6. The Bertz CT molecular complexity index is 824. The first-order valence-electron chi connectivity index (χ1n) is 8.40. The van der Waals surface area contributed by atoms with Crippen LogP contribution in [0.5, 0.6) is 0 Å². The van der Waals surface area contributed by atoms with Gasteiger partial charge in [-0.15, -0.1) is 0 Å². The highest BCUT2D eigenvalue weighted by atomic mass is 16.3. The fraction of sp³-hybridized carbons (Fsp3) is 0.227. The number of aliphatic hydroxyl groups excluding tert-OH is 1. The first kappa shape index (κ1) is 16.4. The van der Waals surface area contributed by atoms with Crippen molar-refractivity contribution in [2.45, 2.75) is 25.9 Å². The third-order valence-electron chi connectivity index (χ3n) is 4.45. The Balaban J connectivity index is 2.00. The van der Waals surface area contributed by atoms with Crippen LogP contribution < -0.4 is 4.57 Å². The van der Waals surface area contributed by atoms with Gasteiger partial charge in [-0.05, 0) is 29.2 Å². The smallest absolute Gasteiger partial charge is 0.212 e. The second kappa shape index (κ2) is 6.98. The van der Waals surface area contributed by atoms with Gasteiger partial charge in [-0.3, -0.25) is 0 Å². The summed E-state index contributed by atoms with van der Waals surface area (Å²) in [6.45, 7) is 4.43. The molecule has 0 bridgehead atoms. The molecule has 3 rings (SSSR count). The van der Waals surface area contributed by atoms with Gasteiger partial charge >= 0.3 is 0 Å². The number of nitrogens with zero attached hydrogens (tertiary/aromatic N) is 1. The molecule has 3 aromatic rings. The molecular formula is C22H24NO+. The Labute approximate surface area is 144 Å².